The third kappa shape index (κ3) is 3.34. The predicted molar refractivity (Wildman–Crippen MR) is 85.5 cm³/mol. The van der Waals surface area contributed by atoms with Gasteiger partial charge in [-0.2, -0.15) is 0 Å². The molecule has 2 aliphatic heterocycles. The van der Waals surface area contributed by atoms with Crippen molar-refractivity contribution in [3.63, 3.8) is 0 Å². The molecule has 7 nitrogen and oxygen atoms in total. The van der Waals surface area contributed by atoms with Gasteiger partial charge in [-0.3, -0.25) is 24.1 Å². The molecule has 2 unspecified atom stereocenters. The van der Waals surface area contributed by atoms with Crippen LogP contribution in [-0.4, -0.2) is 59.6 Å². The van der Waals surface area contributed by atoms with E-state index in [1.165, 1.54) is 0 Å². The molecule has 2 atom stereocenters. The number of nitrogens with one attached hydrogen (secondary N) is 1. The summed E-state index contributed by atoms with van der Waals surface area (Å²) in [6, 6.07) is 0. The van der Waals surface area contributed by atoms with Crippen molar-refractivity contribution in [2.24, 2.45) is 11.8 Å². The van der Waals surface area contributed by atoms with Gasteiger partial charge in [0.2, 0.25) is 23.6 Å². The minimum absolute atomic E-state index is 0.172. The number of carbonyl (C=O) groups excluding carboxylic acids is 4. The van der Waals surface area contributed by atoms with Gasteiger partial charge in [-0.15, -0.1) is 0 Å². The standard InChI is InChI=1S/C17H23N3O4/c21-14(18-8-4-10-19-9-3-7-15(19)22)11-20-16(23)12-5-1-2-6-13(12)17(20)24/h1-2,12-13H,3-11H2,(H,18,21). The van der Waals surface area contributed by atoms with Crippen molar-refractivity contribution in [3.05, 3.63) is 12.2 Å². The van der Waals surface area contributed by atoms with Gasteiger partial charge in [-0.1, -0.05) is 12.2 Å². The first kappa shape index (κ1) is 16.7. The molecule has 0 radical (unpaired) electrons. The first-order chi connectivity index (χ1) is 11.6. The Balaban J connectivity index is 1.41. The number of hydrogen-bond acceptors (Lipinski definition) is 4. The Kier molecular flexibility index (Phi) is 4.97. The maximum absolute atomic E-state index is 12.3. The topological polar surface area (TPSA) is 86.8 Å². The Bertz CT molecular complexity index is 560. The summed E-state index contributed by atoms with van der Waals surface area (Å²) in [4.78, 5) is 50.9. The number of imide groups is 1. The van der Waals surface area contributed by atoms with E-state index in [0.717, 1.165) is 17.9 Å². The maximum atomic E-state index is 12.3. The molecule has 3 rings (SSSR count). The van der Waals surface area contributed by atoms with Crippen LogP contribution < -0.4 is 5.32 Å². The molecule has 2 saturated heterocycles. The van der Waals surface area contributed by atoms with Gasteiger partial charge in [0.05, 0.1) is 11.8 Å². The van der Waals surface area contributed by atoms with Crippen molar-refractivity contribution in [3.8, 4) is 0 Å². The van der Waals surface area contributed by atoms with Gasteiger partial charge < -0.3 is 10.2 Å². The normalized spacial score (nSPS) is 26.2. The molecule has 1 N–H and O–H groups in total. The van der Waals surface area contributed by atoms with Crippen molar-refractivity contribution in [2.45, 2.75) is 32.1 Å². The van der Waals surface area contributed by atoms with Gasteiger partial charge in [0.1, 0.15) is 6.54 Å². The zero-order valence-corrected chi connectivity index (χ0v) is 13.7. The molecule has 2 fully saturated rings. The first-order valence-corrected chi connectivity index (χ1v) is 8.62. The highest BCUT2D eigenvalue weighted by atomic mass is 16.2. The zero-order valence-electron chi connectivity index (χ0n) is 13.7. The molecule has 1 aliphatic carbocycles. The molecule has 130 valence electrons. The van der Waals surface area contributed by atoms with Crippen LogP contribution in [0.5, 0.6) is 0 Å². The molecular weight excluding hydrogens is 310 g/mol. The highest BCUT2D eigenvalue weighted by Crippen LogP contribution is 2.34. The van der Waals surface area contributed by atoms with Crippen LogP contribution in [-0.2, 0) is 19.2 Å². The molecule has 0 saturated carbocycles. The molecule has 24 heavy (non-hydrogen) atoms. The van der Waals surface area contributed by atoms with E-state index < -0.39 is 0 Å². The van der Waals surface area contributed by atoms with Crippen LogP contribution in [0.3, 0.4) is 0 Å². The van der Waals surface area contributed by atoms with E-state index in [1.54, 1.807) is 4.90 Å². The third-order valence-corrected chi connectivity index (χ3v) is 5.00. The highest BCUT2D eigenvalue weighted by molar-refractivity contribution is 6.07. The van der Waals surface area contributed by atoms with Crippen molar-refractivity contribution >= 4 is 23.6 Å². The number of hydrogen-bond donors (Lipinski definition) is 1. The van der Waals surface area contributed by atoms with Gasteiger partial charge >= 0.3 is 0 Å². The number of carbonyl (C=O) groups is 4. The van der Waals surface area contributed by atoms with Crippen molar-refractivity contribution in [1.29, 1.82) is 0 Å². The smallest absolute Gasteiger partial charge is 0.240 e. The summed E-state index contributed by atoms with van der Waals surface area (Å²) in [6.07, 6.45) is 7.21. The van der Waals surface area contributed by atoms with E-state index in [-0.39, 0.29) is 42.0 Å². The van der Waals surface area contributed by atoms with Crippen molar-refractivity contribution in [2.75, 3.05) is 26.2 Å². The number of nitrogens with zero attached hydrogens (tertiary/aromatic N) is 2. The fourth-order valence-electron chi connectivity index (χ4n) is 3.66. The first-order valence-electron chi connectivity index (χ1n) is 8.62. The lowest BCUT2D eigenvalue weighted by atomic mass is 9.85. The van der Waals surface area contributed by atoms with E-state index in [4.69, 9.17) is 0 Å². The van der Waals surface area contributed by atoms with Crippen LogP contribution in [0.4, 0.5) is 0 Å². The number of likely N-dealkylation sites (tertiary alicyclic amines) is 2. The summed E-state index contributed by atoms with van der Waals surface area (Å²) in [7, 11) is 0. The molecular formula is C17H23N3O4. The molecule has 4 amide bonds. The lowest BCUT2D eigenvalue weighted by Crippen LogP contribution is -2.41. The largest absolute Gasteiger partial charge is 0.354 e. The molecule has 0 bridgehead atoms. The molecule has 0 spiro atoms. The second-order valence-electron chi connectivity index (χ2n) is 6.61. The third-order valence-electron chi connectivity index (χ3n) is 5.00. The van der Waals surface area contributed by atoms with Gasteiger partial charge in [0.15, 0.2) is 0 Å². The van der Waals surface area contributed by atoms with Crippen LogP contribution in [0.1, 0.15) is 32.1 Å². The van der Waals surface area contributed by atoms with Crippen LogP contribution in [0.15, 0.2) is 12.2 Å². The summed E-state index contributed by atoms with van der Waals surface area (Å²) < 4.78 is 0. The van der Waals surface area contributed by atoms with E-state index in [0.29, 0.717) is 38.8 Å². The molecule has 0 aromatic heterocycles. The quantitative estimate of drug-likeness (QED) is 0.423. The molecule has 7 heteroatoms. The Morgan fingerprint density at radius 3 is 2.38 bits per heavy atom. The highest BCUT2D eigenvalue weighted by Gasteiger charge is 2.47. The number of fused-ring (bicyclic) bond motifs is 1. The van der Waals surface area contributed by atoms with Gasteiger partial charge in [-0.05, 0) is 25.7 Å². The SMILES string of the molecule is O=C(CN1C(=O)C2CC=CCC2C1=O)NCCCN1CCCC1=O. The number of amides is 4. The second-order valence-corrected chi connectivity index (χ2v) is 6.61. The summed E-state index contributed by atoms with van der Waals surface area (Å²) in [5.74, 6) is -1.20. The fourth-order valence-corrected chi connectivity index (χ4v) is 3.66. The van der Waals surface area contributed by atoms with E-state index in [9.17, 15) is 19.2 Å². The lowest BCUT2D eigenvalue weighted by molar-refractivity contribution is -0.143. The van der Waals surface area contributed by atoms with Crippen molar-refractivity contribution < 1.29 is 19.2 Å². The van der Waals surface area contributed by atoms with E-state index in [1.807, 2.05) is 12.2 Å². The van der Waals surface area contributed by atoms with Crippen LogP contribution in [0.2, 0.25) is 0 Å². The van der Waals surface area contributed by atoms with E-state index in [2.05, 4.69) is 5.32 Å². The van der Waals surface area contributed by atoms with Gasteiger partial charge in [-0.25, -0.2) is 0 Å². The minimum atomic E-state index is -0.323. The fraction of sp³-hybridized carbons (Fsp3) is 0.647. The predicted octanol–water partition coefficient (Wildman–Crippen LogP) is 0.0663. The summed E-state index contributed by atoms with van der Waals surface area (Å²) in [5.41, 5.74) is 0. The monoisotopic (exact) mass is 333 g/mol. The van der Waals surface area contributed by atoms with E-state index >= 15 is 0 Å². The zero-order chi connectivity index (χ0) is 17.1. The Morgan fingerprint density at radius 1 is 1.12 bits per heavy atom. The molecule has 2 heterocycles. The molecule has 3 aliphatic rings. The summed E-state index contributed by atoms with van der Waals surface area (Å²) >= 11 is 0. The average molecular weight is 333 g/mol. The van der Waals surface area contributed by atoms with Crippen LogP contribution in [0, 0.1) is 11.8 Å². The summed E-state index contributed by atoms with van der Waals surface area (Å²) in [5, 5.41) is 2.73. The van der Waals surface area contributed by atoms with Crippen LogP contribution >= 0.6 is 0 Å². The number of rotatable bonds is 6. The molecule has 0 aromatic rings. The Morgan fingerprint density at radius 2 is 1.79 bits per heavy atom. The second kappa shape index (κ2) is 7.15. The Labute approximate surface area is 141 Å². The average Bonchev–Trinajstić information content (AvgIpc) is 3.09. The maximum Gasteiger partial charge on any atom is 0.240 e. The van der Waals surface area contributed by atoms with Gasteiger partial charge in [0, 0.05) is 26.1 Å². The summed E-state index contributed by atoms with van der Waals surface area (Å²) in [6.45, 7) is 1.66. The Hall–Kier alpha value is -2.18. The molecule has 0 aromatic carbocycles. The minimum Gasteiger partial charge on any atom is -0.354 e. The van der Waals surface area contributed by atoms with Crippen molar-refractivity contribution in [1.82, 2.24) is 15.1 Å². The van der Waals surface area contributed by atoms with Crippen LogP contribution in [0.25, 0.3) is 0 Å². The van der Waals surface area contributed by atoms with Gasteiger partial charge in [0.25, 0.3) is 0 Å². The number of allylic oxidation sites excluding steroid dienone is 2. The lowest BCUT2D eigenvalue weighted by Gasteiger charge is -2.16.